The quantitative estimate of drug-likeness (QED) is 0.722. The zero-order chi connectivity index (χ0) is 14.3. The van der Waals surface area contributed by atoms with Gasteiger partial charge in [0.15, 0.2) is 0 Å². The molecule has 1 unspecified atom stereocenters. The molecule has 1 amide bonds. The lowest BCUT2D eigenvalue weighted by molar-refractivity contribution is -0.120. The second-order valence-electron chi connectivity index (χ2n) is 4.12. The van der Waals surface area contributed by atoms with E-state index in [0.29, 0.717) is 16.5 Å². The van der Waals surface area contributed by atoms with E-state index in [9.17, 15) is 4.79 Å². The Labute approximate surface area is 128 Å². The van der Waals surface area contributed by atoms with Gasteiger partial charge in [-0.15, -0.1) is 11.8 Å². The number of nitrogens with one attached hydrogen (secondary N) is 1. The fraction of sp³-hybridized carbons (Fsp3) is 0.462. The van der Waals surface area contributed by atoms with Crippen LogP contribution in [0.3, 0.4) is 0 Å². The Hall–Kier alpha value is -0.420. The monoisotopic (exact) mass is 320 g/mol. The Morgan fingerprint density at radius 1 is 1.47 bits per heavy atom. The third-order valence-corrected chi connectivity index (χ3v) is 4.31. The van der Waals surface area contributed by atoms with Gasteiger partial charge in [-0.1, -0.05) is 30.1 Å². The van der Waals surface area contributed by atoms with Gasteiger partial charge in [0.25, 0.3) is 0 Å². The average Bonchev–Trinajstić information content (AvgIpc) is 2.37. The lowest BCUT2D eigenvalue weighted by atomic mass is 10.2. The van der Waals surface area contributed by atoms with Crippen molar-refractivity contribution in [1.29, 1.82) is 0 Å². The first kappa shape index (κ1) is 16.6. The van der Waals surface area contributed by atoms with Crippen LogP contribution in [0.4, 0.5) is 0 Å². The molecule has 19 heavy (non-hydrogen) atoms. The molecular weight excluding hydrogens is 303 g/mol. The molecule has 0 fully saturated rings. The van der Waals surface area contributed by atoms with Gasteiger partial charge < -0.3 is 11.1 Å². The van der Waals surface area contributed by atoms with Crippen molar-refractivity contribution in [1.82, 2.24) is 5.32 Å². The number of amides is 1. The summed E-state index contributed by atoms with van der Waals surface area (Å²) in [4.78, 5) is 12.2. The minimum atomic E-state index is -0.314. The summed E-state index contributed by atoms with van der Waals surface area (Å²) < 4.78 is 0. The predicted molar refractivity (Wildman–Crippen MR) is 83.1 cm³/mol. The van der Waals surface area contributed by atoms with Crippen LogP contribution in [0.1, 0.15) is 19.8 Å². The van der Waals surface area contributed by atoms with Gasteiger partial charge in [0.1, 0.15) is 0 Å². The predicted octanol–water partition coefficient (Wildman–Crippen LogP) is 3.33. The van der Waals surface area contributed by atoms with Gasteiger partial charge in [-0.2, -0.15) is 0 Å². The first-order valence-corrected chi connectivity index (χ1v) is 7.89. The molecule has 0 aromatic heterocycles. The minimum absolute atomic E-state index is 0.287. The molecule has 0 aliphatic carbocycles. The number of rotatable bonds is 8. The Balaban J connectivity index is 2.47. The van der Waals surface area contributed by atoms with Crippen LogP contribution in [0.2, 0.25) is 10.0 Å². The molecule has 3 nitrogen and oxygen atoms in total. The van der Waals surface area contributed by atoms with Crippen molar-refractivity contribution in [3.05, 3.63) is 28.2 Å². The van der Waals surface area contributed by atoms with E-state index in [1.165, 1.54) is 0 Å². The van der Waals surface area contributed by atoms with E-state index in [2.05, 4.69) is 5.32 Å². The summed E-state index contributed by atoms with van der Waals surface area (Å²) in [7, 11) is 0. The smallest absolute Gasteiger partial charge is 0.234 e. The van der Waals surface area contributed by atoms with Crippen LogP contribution < -0.4 is 11.1 Å². The maximum Gasteiger partial charge on any atom is 0.234 e. The lowest BCUT2D eigenvalue weighted by Gasteiger charge is -2.14. The summed E-state index contributed by atoms with van der Waals surface area (Å²) in [5.74, 6) is 0.441. The SMILES string of the molecule is CCCNC(CCSc1cc(Cl)ccc1Cl)C(N)=O. The highest BCUT2D eigenvalue weighted by Crippen LogP contribution is 2.30. The highest BCUT2D eigenvalue weighted by Gasteiger charge is 2.14. The largest absolute Gasteiger partial charge is 0.368 e. The molecule has 1 aromatic rings. The fourth-order valence-corrected chi connectivity index (χ4v) is 3.05. The molecule has 1 atom stereocenters. The first-order chi connectivity index (χ1) is 9.04. The van der Waals surface area contributed by atoms with Crippen LogP contribution in [0.15, 0.2) is 23.1 Å². The fourth-order valence-electron chi connectivity index (χ4n) is 1.54. The van der Waals surface area contributed by atoms with Crippen molar-refractivity contribution in [2.24, 2.45) is 5.73 Å². The molecule has 0 saturated carbocycles. The van der Waals surface area contributed by atoms with E-state index in [0.717, 1.165) is 23.6 Å². The second kappa shape index (κ2) is 8.69. The summed E-state index contributed by atoms with van der Waals surface area (Å²) in [6.45, 7) is 2.84. The molecular formula is C13H18Cl2N2OS. The Morgan fingerprint density at radius 2 is 2.21 bits per heavy atom. The van der Waals surface area contributed by atoms with Crippen molar-refractivity contribution >= 4 is 40.9 Å². The maximum absolute atomic E-state index is 11.3. The van der Waals surface area contributed by atoms with Gasteiger partial charge in [-0.05, 0) is 37.6 Å². The first-order valence-electron chi connectivity index (χ1n) is 6.15. The standard InChI is InChI=1S/C13H18Cl2N2OS/c1-2-6-17-11(13(16)18)5-7-19-12-8-9(14)3-4-10(12)15/h3-4,8,11,17H,2,5-7H2,1H3,(H2,16,18). The summed E-state index contributed by atoms with van der Waals surface area (Å²) in [6.07, 6.45) is 1.64. The summed E-state index contributed by atoms with van der Waals surface area (Å²) >= 11 is 13.6. The van der Waals surface area contributed by atoms with Crippen molar-refractivity contribution < 1.29 is 4.79 Å². The molecule has 0 saturated heterocycles. The van der Waals surface area contributed by atoms with Gasteiger partial charge in [0, 0.05) is 15.7 Å². The number of hydrogen-bond donors (Lipinski definition) is 2. The molecule has 0 spiro atoms. The average molecular weight is 321 g/mol. The molecule has 3 N–H and O–H groups in total. The van der Waals surface area contributed by atoms with Gasteiger partial charge in [0.2, 0.25) is 5.91 Å². The highest BCUT2D eigenvalue weighted by molar-refractivity contribution is 7.99. The number of benzene rings is 1. The summed E-state index contributed by atoms with van der Waals surface area (Å²) in [5, 5.41) is 4.46. The number of halogens is 2. The van der Waals surface area contributed by atoms with Crippen LogP contribution in [0.5, 0.6) is 0 Å². The van der Waals surface area contributed by atoms with E-state index in [4.69, 9.17) is 28.9 Å². The molecule has 0 radical (unpaired) electrons. The van der Waals surface area contributed by atoms with Gasteiger partial charge in [-0.3, -0.25) is 4.79 Å². The van der Waals surface area contributed by atoms with E-state index in [1.807, 2.05) is 13.0 Å². The van der Waals surface area contributed by atoms with Crippen molar-refractivity contribution in [3.8, 4) is 0 Å². The molecule has 1 rings (SSSR count). The summed E-state index contributed by atoms with van der Waals surface area (Å²) in [6, 6.07) is 5.06. The van der Waals surface area contributed by atoms with Crippen molar-refractivity contribution in [3.63, 3.8) is 0 Å². The molecule has 0 bridgehead atoms. The van der Waals surface area contributed by atoms with Crippen molar-refractivity contribution in [2.75, 3.05) is 12.3 Å². The summed E-state index contributed by atoms with van der Waals surface area (Å²) in [5.41, 5.74) is 5.35. The molecule has 1 aromatic carbocycles. The van der Waals surface area contributed by atoms with Crippen LogP contribution in [0.25, 0.3) is 0 Å². The van der Waals surface area contributed by atoms with Crippen LogP contribution in [0, 0.1) is 0 Å². The molecule has 0 aliphatic rings. The number of primary amides is 1. The lowest BCUT2D eigenvalue weighted by Crippen LogP contribution is -2.41. The number of nitrogens with two attached hydrogens (primary N) is 1. The minimum Gasteiger partial charge on any atom is -0.368 e. The van der Waals surface area contributed by atoms with E-state index in [1.54, 1.807) is 23.9 Å². The van der Waals surface area contributed by atoms with Crippen molar-refractivity contribution in [2.45, 2.75) is 30.7 Å². The van der Waals surface area contributed by atoms with Gasteiger partial charge in [-0.25, -0.2) is 0 Å². The zero-order valence-corrected chi connectivity index (χ0v) is 13.1. The molecule has 106 valence electrons. The molecule has 6 heteroatoms. The highest BCUT2D eigenvalue weighted by atomic mass is 35.5. The molecule has 0 aliphatic heterocycles. The third-order valence-electron chi connectivity index (χ3n) is 2.54. The van der Waals surface area contributed by atoms with E-state index >= 15 is 0 Å². The Morgan fingerprint density at radius 3 is 2.84 bits per heavy atom. The Kier molecular flexibility index (Phi) is 7.61. The maximum atomic E-state index is 11.3. The van der Waals surface area contributed by atoms with Crippen LogP contribution in [-0.4, -0.2) is 24.2 Å². The van der Waals surface area contributed by atoms with Gasteiger partial charge >= 0.3 is 0 Å². The molecule has 0 heterocycles. The van der Waals surface area contributed by atoms with Crippen LogP contribution in [-0.2, 0) is 4.79 Å². The van der Waals surface area contributed by atoms with Gasteiger partial charge in [0.05, 0.1) is 11.1 Å². The van der Waals surface area contributed by atoms with E-state index < -0.39 is 0 Å². The van der Waals surface area contributed by atoms with Crippen LogP contribution >= 0.6 is 35.0 Å². The second-order valence-corrected chi connectivity index (χ2v) is 6.10. The Bertz CT molecular complexity index is 429. The third kappa shape index (κ3) is 6.04. The number of thioether (sulfide) groups is 1. The normalized spacial score (nSPS) is 12.4. The zero-order valence-electron chi connectivity index (χ0n) is 10.8. The van der Waals surface area contributed by atoms with E-state index in [-0.39, 0.29) is 11.9 Å². The topological polar surface area (TPSA) is 55.1 Å². The number of carbonyl (C=O) groups is 1. The number of carbonyl (C=O) groups excluding carboxylic acids is 1. The number of hydrogen-bond acceptors (Lipinski definition) is 3.